The highest BCUT2D eigenvalue weighted by Crippen LogP contribution is 2.22. The van der Waals surface area contributed by atoms with Crippen molar-refractivity contribution in [2.24, 2.45) is 9.98 Å². The van der Waals surface area contributed by atoms with E-state index in [0.717, 1.165) is 17.0 Å². The Bertz CT molecular complexity index is 667. The molecule has 0 amide bonds. The van der Waals surface area contributed by atoms with Crippen LogP contribution in [0.25, 0.3) is 0 Å². The first kappa shape index (κ1) is 14.9. The molecule has 4 heteroatoms. The summed E-state index contributed by atoms with van der Waals surface area (Å²) in [6, 6.07) is 7.77. The lowest BCUT2D eigenvalue weighted by Gasteiger charge is -2.14. The van der Waals surface area contributed by atoms with Crippen LogP contribution < -0.4 is 0 Å². The third kappa shape index (κ3) is 3.75. The molecular weight excluding hydrogens is 264 g/mol. The molecule has 0 saturated carbocycles. The molecule has 0 saturated heterocycles. The Morgan fingerprint density at radius 2 is 2.05 bits per heavy atom. The van der Waals surface area contributed by atoms with Gasteiger partial charge in [0.1, 0.15) is 0 Å². The number of benzene rings is 1. The van der Waals surface area contributed by atoms with Gasteiger partial charge in [0, 0.05) is 6.54 Å². The normalized spacial score (nSPS) is 18.1. The van der Waals surface area contributed by atoms with Crippen molar-refractivity contribution in [2.45, 2.75) is 20.3 Å². The van der Waals surface area contributed by atoms with Gasteiger partial charge in [-0.1, -0.05) is 30.4 Å². The molecule has 0 radical (unpaired) electrons. The number of carboxylic acid groups (broad SMARTS) is 1. The molecule has 0 fully saturated rings. The standard InChI is InChI=1S/C17H18N2O2/c1-3-18-15-10-6-8-13(11-16(20)21)17(15)19-14-9-5-4-7-12(14)2/h4-10H,3,11H2,1-2H3,(H,20,21). The second-order valence-electron chi connectivity index (χ2n) is 4.73. The number of nitrogens with zero attached hydrogens (tertiary/aromatic N) is 2. The Hall–Kier alpha value is -2.49. The number of rotatable bonds is 4. The predicted molar refractivity (Wildman–Crippen MR) is 85.7 cm³/mol. The number of hydrogen-bond donors (Lipinski definition) is 1. The molecule has 0 aromatic heterocycles. The Balaban J connectivity index is 2.49. The average Bonchev–Trinajstić information content (AvgIpc) is 2.44. The van der Waals surface area contributed by atoms with E-state index in [1.807, 2.05) is 50.3 Å². The van der Waals surface area contributed by atoms with Crippen LogP contribution in [0, 0.1) is 6.92 Å². The van der Waals surface area contributed by atoms with Crippen LogP contribution in [0.4, 0.5) is 5.69 Å². The van der Waals surface area contributed by atoms with Gasteiger partial charge in [-0.3, -0.25) is 9.79 Å². The molecule has 1 aromatic rings. The minimum atomic E-state index is -0.870. The van der Waals surface area contributed by atoms with Crippen molar-refractivity contribution in [1.29, 1.82) is 0 Å². The number of aliphatic carboxylic acids is 1. The van der Waals surface area contributed by atoms with Crippen molar-refractivity contribution < 1.29 is 9.90 Å². The zero-order valence-electron chi connectivity index (χ0n) is 12.2. The fraction of sp³-hybridized carbons (Fsp3) is 0.235. The molecule has 1 aromatic carbocycles. The number of carbonyl (C=O) groups is 1. The summed E-state index contributed by atoms with van der Waals surface area (Å²) in [5, 5.41) is 9.06. The van der Waals surface area contributed by atoms with Gasteiger partial charge in [0.05, 0.1) is 23.5 Å². The maximum Gasteiger partial charge on any atom is 0.307 e. The fourth-order valence-corrected chi connectivity index (χ4v) is 2.12. The van der Waals surface area contributed by atoms with Crippen molar-refractivity contribution in [3.63, 3.8) is 0 Å². The van der Waals surface area contributed by atoms with Crippen LogP contribution in [0.5, 0.6) is 0 Å². The molecule has 108 valence electrons. The van der Waals surface area contributed by atoms with Crippen LogP contribution in [-0.4, -0.2) is 29.0 Å². The maximum absolute atomic E-state index is 11.0. The smallest absolute Gasteiger partial charge is 0.307 e. The summed E-state index contributed by atoms with van der Waals surface area (Å²) < 4.78 is 0. The fourth-order valence-electron chi connectivity index (χ4n) is 2.12. The summed E-state index contributed by atoms with van der Waals surface area (Å²) in [4.78, 5) is 20.1. The van der Waals surface area contributed by atoms with Gasteiger partial charge in [-0.15, -0.1) is 0 Å². The molecule has 1 N–H and O–H groups in total. The summed E-state index contributed by atoms with van der Waals surface area (Å²) in [5.41, 5.74) is 3.95. The number of aryl methyl sites for hydroxylation is 1. The number of aliphatic imine (C=N–C) groups is 2. The number of allylic oxidation sites excluding steroid dienone is 3. The summed E-state index contributed by atoms with van der Waals surface area (Å²) in [7, 11) is 0. The molecule has 0 atom stereocenters. The molecule has 2 rings (SSSR count). The van der Waals surface area contributed by atoms with E-state index in [4.69, 9.17) is 5.11 Å². The summed E-state index contributed by atoms with van der Waals surface area (Å²) in [6.07, 6.45) is 5.42. The van der Waals surface area contributed by atoms with Crippen molar-refractivity contribution >= 4 is 23.1 Å². The third-order valence-electron chi connectivity index (χ3n) is 3.12. The van der Waals surface area contributed by atoms with Crippen molar-refractivity contribution in [3.8, 4) is 0 Å². The highest BCUT2D eigenvalue weighted by atomic mass is 16.4. The Morgan fingerprint density at radius 1 is 1.29 bits per heavy atom. The quantitative estimate of drug-likeness (QED) is 0.859. The van der Waals surface area contributed by atoms with Gasteiger partial charge in [0.2, 0.25) is 0 Å². The molecule has 0 spiro atoms. The van der Waals surface area contributed by atoms with E-state index in [9.17, 15) is 4.79 Å². The molecule has 1 aliphatic rings. The zero-order valence-corrected chi connectivity index (χ0v) is 12.2. The average molecular weight is 282 g/mol. The summed E-state index contributed by atoms with van der Waals surface area (Å²) in [5.74, 6) is -0.870. The molecule has 0 heterocycles. The van der Waals surface area contributed by atoms with Crippen molar-refractivity contribution in [2.75, 3.05) is 6.54 Å². The SMILES string of the molecule is CCN=C1C=CC=C(CC(=O)O)C1=Nc1ccccc1C. The van der Waals surface area contributed by atoms with E-state index in [0.29, 0.717) is 17.8 Å². The minimum absolute atomic E-state index is 0.0577. The lowest BCUT2D eigenvalue weighted by Crippen LogP contribution is -2.19. The lowest BCUT2D eigenvalue weighted by atomic mass is 9.97. The third-order valence-corrected chi connectivity index (χ3v) is 3.12. The Kier molecular flexibility index (Phi) is 4.82. The topological polar surface area (TPSA) is 62.0 Å². The predicted octanol–water partition coefficient (Wildman–Crippen LogP) is 3.50. The van der Waals surface area contributed by atoms with Crippen LogP contribution >= 0.6 is 0 Å². The first-order valence-corrected chi connectivity index (χ1v) is 6.90. The van der Waals surface area contributed by atoms with Gasteiger partial charge >= 0.3 is 5.97 Å². The first-order valence-electron chi connectivity index (χ1n) is 6.90. The van der Waals surface area contributed by atoms with Crippen LogP contribution in [0.2, 0.25) is 0 Å². The van der Waals surface area contributed by atoms with Gasteiger partial charge in [0.15, 0.2) is 0 Å². The minimum Gasteiger partial charge on any atom is -0.481 e. The van der Waals surface area contributed by atoms with E-state index in [-0.39, 0.29) is 6.42 Å². The van der Waals surface area contributed by atoms with E-state index >= 15 is 0 Å². The van der Waals surface area contributed by atoms with Crippen LogP contribution in [0.3, 0.4) is 0 Å². The van der Waals surface area contributed by atoms with Gasteiger partial charge < -0.3 is 5.11 Å². The Labute approximate surface area is 124 Å². The van der Waals surface area contributed by atoms with Crippen molar-refractivity contribution in [3.05, 3.63) is 53.6 Å². The Morgan fingerprint density at radius 3 is 2.71 bits per heavy atom. The van der Waals surface area contributed by atoms with Gasteiger partial charge in [-0.2, -0.15) is 0 Å². The lowest BCUT2D eigenvalue weighted by molar-refractivity contribution is -0.136. The van der Waals surface area contributed by atoms with E-state index < -0.39 is 5.97 Å². The van der Waals surface area contributed by atoms with Crippen LogP contribution in [-0.2, 0) is 4.79 Å². The first-order chi connectivity index (χ1) is 10.1. The number of para-hydroxylation sites is 1. The molecular formula is C17H18N2O2. The largest absolute Gasteiger partial charge is 0.481 e. The second-order valence-corrected chi connectivity index (χ2v) is 4.73. The number of carboxylic acids is 1. The molecule has 0 unspecified atom stereocenters. The van der Waals surface area contributed by atoms with E-state index in [1.165, 1.54) is 0 Å². The highest BCUT2D eigenvalue weighted by molar-refractivity contribution is 6.53. The van der Waals surface area contributed by atoms with E-state index in [1.54, 1.807) is 6.08 Å². The molecule has 4 nitrogen and oxygen atoms in total. The zero-order chi connectivity index (χ0) is 15.2. The molecule has 21 heavy (non-hydrogen) atoms. The number of hydrogen-bond acceptors (Lipinski definition) is 3. The van der Waals surface area contributed by atoms with Crippen LogP contribution in [0.15, 0.2) is 58.1 Å². The van der Waals surface area contributed by atoms with Gasteiger partial charge in [-0.05, 0) is 37.1 Å². The molecule has 1 aliphatic carbocycles. The summed E-state index contributed by atoms with van der Waals surface area (Å²) >= 11 is 0. The van der Waals surface area contributed by atoms with Crippen LogP contribution in [0.1, 0.15) is 18.9 Å². The molecule has 0 bridgehead atoms. The summed E-state index contributed by atoms with van der Waals surface area (Å²) in [6.45, 7) is 4.56. The molecule has 0 aliphatic heterocycles. The highest BCUT2D eigenvalue weighted by Gasteiger charge is 2.18. The van der Waals surface area contributed by atoms with E-state index in [2.05, 4.69) is 9.98 Å². The van der Waals surface area contributed by atoms with Crippen molar-refractivity contribution in [1.82, 2.24) is 0 Å². The monoisotopic (exact) mass is 282 g/mol. The van der Waals surface area contributed by atoms with Gasteiger partial charge in [-0.25, -0.2) is 4.99 Å². The van der Waals surface area contributed by atoms with Gasteiger partial charge in [0.25, 0.3) is 0 Å². The maximum atomic E-state index is 11.0. The second kappa shape index (κ2) is 6.79.